The van der Waals surface area contributed by atoms with E-state index < -0.39 is 15.5 Å². The lowest BCUT2D eigenvalue weighted by molar-refractivity contribution is -0.438. The molecule has 2 aliphatic heterocycles. The number of nitrogens with one attached hydrogen (secondary N) is 1. The number of fused-ring (bicyclic) bond motifs is 2. The van der Waals surface area contributed by atoms with E-state index >= 15 is 0 Å². The van der Waals surface area contributed by atoms with Gasteiger partial charge in [0.1, 0.15) is 24.7 Å². The van der Waals surface area contributed by atoms with Crippen molar-refractivity contribution in [1.29, 1.82) is 0 Å². The van der Waals surface area contributed by atoms with Crippen LogP contribution in [0.5, 0.6) is 5.75 Å². The number of nitrogens with zero attached hydrogens (tertiary/aromatic N) is 2. The molecule has 0 unspecified atom stereocenters. The highest BCUT2D eigenvalue weighted by Gasteiger charge is 2.45. The predicted molar refractivity (Wildman–Crippen MR) is 212 cm³/mol. The number of benzene rings is 3. The summed E-state index contributed by atoms with van der Waals surface area (Å²) in [5, 5.41) is 2.84. The van der Waals surface area contributed by atoms with Crippen molar-refractivity contribution in [2.75, 3.05) is 31.1 Å². The number of hydrogen-bond acceptors (Lipinski definition) is 7. The first-order valence-electron chi connectivity index (χ1n) is 18.7. The number of amides is 1. The molecule has 286 valence electrons. The third-order valence-corrected chi connectivity index (χ3v) is 11.3. The Morgan fingerprint density at radius 2 is 1.67 bits per heavy atom. The zero-order valence-electron chi connectivity index (χ0n) is 31.9. The van der Waals surface area contributed by atoms with Crippen LogP contribution in [0.25, 0.3) is 0 Å². The van der Waals surface area contributed by atoms with Crippen LogP contribution in [0.1, 0.15) is 94.6 Å². The van der Waals surface area contributed by atoms with Crippen molar-refractivity contribution in [2.24, 2.45) is 0 Å². The third kappa shape index (κ3) is 8.90. The van der Waals surface area contributed by atoms with Gasteiger partial charge < -0.3 is 15.0 Å². The van der Waals surface area contributed by atoms with Gasteiger partial charge in [-0.25, -0.2) is 0 Å². The van der Waals surface area contributed by atoms with E-state index in [1.54, 1.807) is 36.4 Å². The highest BCUT2D eigenvalue weighted by molar-refractivity contribution is 7.85. The third-order valence-electron chi connectivity index (χ3n) is 10.5. The number of unbranched alkanes of at least 4 members (excludes halogenated alkanes) is 2. The van der Waals surface area contributed by atoms with Gasteiger partial charge in [-0.1, -0.05) is 44.2 Å². The molecule has 2 aliphatic rings. The fourth-order valence-corrected chi connectivity index (χ4v) is 8.12. The molecule has 3 aromatic rings. The quantitative estimate of drug-likeness (QED) is 0.0591. The van der Waals surface area contributed by atoms with E-state index in [1.807, 2.05) is 0 Å². The van der Waals surface area contributed by atoms with E-state index in [4.69, 9.17) is 4.74 Å². The molecular formula is C43H52N3O7S+. The Bertz CT molecular complexity index is 2100. The number of carbonyl (C=O) groups is 3. The van der Waals surface area contributed by atoms with Gasteiger partial charge in [-0.15, -0.1) is 0 Å². The summed E-state index contributed by atoms with van der Waals surface area (Å²) in [5.41, 5.74) is 6.18. The van der Waals surface area contributed by atoms with Gasteiger partial charge in [-0.3, -0.25) is 18.9 Å². The molecule has 3 aromatic carbocycles. The SMILES string of the molecule is CCN1/C(=C\C=C\C2=[N+](CCCCCC(=O)CCCNC(=O)c3cccc(OCC=O)c3)c3ccc(S(=O)(=O)O)cc3C2(C)C)C(C)(C)c2ccccc21. The Balaban J connectivity index is 1.21. The van der Waals surface area contributed by atoms with E-state index in [9.17, 15) is 27.4 Å². The first-order valence-corrected chi connectivity index (χ1v) is 20.1. The van der Waals surface area contributed by atoms with Gasteiger partial charge >= 0.3 is 0 Å². The van der Waals surface area contributed by atoms with Crippen LogP contribution < -0.4 is 15.0 Å². The minimum atomic E-state index is -4.38. The van der Waals surface area contributed by atoms with Crippen molar-refractivity contribution in [1.82, 2.24) is 5.32 Å². The molecule has 2 heterocycles. The van der Waals surface area contributed by atoms with Crippen LogP contribution >= 0.6 is 0 Å². The molecule has 0 atom stereocenters. The Morgan fingerprint density at radius 1 is 0.907 bits per heavy atom. The number of allylic oxidation sites excluding steroid dienone is 4. The normalized spacial score (nSPS) is 16.5. The topological polar surface area (TPSA) is 133 Å². The van der Waals surface area contributed by atoms with Crippen molar-refractivity contribution in [2.45, 2.75) is 88.9 Å². The van der Waals surface area contributed by atoms with Gasteiger partial charge in [0.05, 0.1) is 10.3 Å². The molecule has 10 nitrogen and oxygen atoms in total. The number of rotatable bonds is 18. The molecule has 0 fully saturated rings. The fraction of sp³-hybridized carbons (Fsp3) is 0.395. The molecule has 54 heavy (non-hydrogen) atoms. The van der Waals surface area contributed by atoms with Crippen LogP contribution in [0.2, 0.25) is 0 Å². The van der Waals surface area contributed by atoms with Gasteiger partial charge in [0.25, 0.3) is 16.0 Å². The van der Waals surface area contributed by atoms with Crippen molar-refractivity contribution in [3.8, 4) is 5.75 Å². The number of likely N-dealkylation sites (N-methyl/N-ethyl adjacent to an activating group) is 1. The maximum Gasteiger partial charge on any atom is 0.294 e. The lowest BCUT2D eigenvalue weighted by Gasteiger charge is -2.25. The summed E-state index contributed by atoms with van der Waals surface area (Å²) in [4.78, 5) is 37.9. The van der Waals surface area contributed by atoms with E-state index in [2.05, 4.69) is 91.9 Å². The highest BCUT2D eigenvalue weighted by atomic mass is 32.2. The first kappa shape index (κ1) is 40.3. The number of aldehydes is 1. The van der Waals surface area contributed by atoms with Gasteiger partial charge in [0.15, 0.2) is 12.0 Å². The second-order valence-corrected chi connectivity index (χ2v) is 16.2. The number of para-hydroxylation sites is 1. The lowest BCUT2D eigenvalue weighted by atomic mass is 9.81. The molecule has 0 spiro atoms. The fourth-order valence-electron chi connectivity index (χ4n) is 7.61. The van der Waals surface area contributed by atoms with Crippen molar-refractivity contribution >= 4 is 45.2 Å². The first-order chi connectivity index (χ1) is 25.7. The molecule has 0 aliphatic carbocycles. The molecule has 0 saturated carbocycles. The van der Waals surface area contributed by atoms with Crippen molar-refractivity contribution in [3.05, 3.63) is 107 Å². The minimum absolute atomic E-state index is 0.0827. The second-order valence-electron chi connectivity index (χ2n) is 14.8. The Kier molecular flexibility index (Phi) is 12.7. The summed E-state index contributed by atoms with van der Waals surface area (Å²) in [6.45, 7) is 12.6. The van der Waals surface area contributed by atoms with Crippen LogP contribution in [-0.2, 0) is 30.5 Å². The number of ketones is 1. The molecule has 0 saturated heterocycles. The van der Waals surface area contributed by atoms with Crippen molar-refractivity contribution < 1.29 is 36.7 Å². The number of Topliss-reactive ketones (excluding diaryl/α,β-unsaturated/α-hetero) is 1. The van der Waals surface area contributed by atoms with Crippen LogP contribution in [-0.4, -0.2) is 67.5 Å². The Hall–Kier alpha value is -4.87. The maximum absolute atomic E-state index is 12.7. The molecular weight excluding hydrogens is 703 g/mol. The summed E-state index contributed by atoms with van der Waals surface area (Å²) < 4.78 is 41.5. The van der Waals surface area contributed by atoms with Crippen molar-refractivity contribution in [3.63, 3.8) is 0 Å². The van der Waals surface area contributed by atoms with E-state index in [0.29, 0.717) is 50.0 Å². The Labute approximate surface area is 319 Å². The van der Waals surface area contributed by atoms with E-state index in [-0.39, 0.29) is 28.6 Å². The van der Waals surface area contributed by atoms with Crippen LogP contribution in [0, 0.1) is 0 Å². The summed E-state index contributed by atoms with van der Waals surface area (Å²) in [5.74, 6) is 0.328. The molecule has 11 heteroatoms. The van der Waals surface area contributed by atoms with E-state index in [1.165, 1.54) is 23.0 Å². The Morgan fingerprint density at radius 3 is 2.41 bits per heavy atom. The zero-order valence-corrected chi connectivity index (χ0v) is 32.7. The molecule has 0 radical (unpaired) electrons. The lowest BCUT2D eigenvalue weighted by Crippen LogP contribution is -2.28. The number of carbonyl (C=O) groups excluding carboxylic acids is 3. The molecule has 1 amide bonds. The smallest absolute Gasteiger partial charge is 0.294 e. The highest BCUT2D eigenvalue weighted by Crippen LogP contribution is 2.47. The zero-order chi connectivity index (χ0) is 39.1. The van der Waals surface area contributed by atoms with Gasteiger partial charge in [0.2, 0.25) is 5.69 Å². The second kappa shape index (κ2) is 17.1. The average Bonchev–Trinajstić information content (AvgIpc) is 3.49. The number of hydrogen-bond donors (Lipinski definition) is 2. The summed E-state index contributed by atoms with van der Waals surface area (Å²) in [7, 11) is -4.38. The van der Waals surface area contributed by atoms with Crippen LogP contribution in [0.15, 0.2) is 95.6 Å². The number of anilines is 1. The van der Waals surface area contributed by atoms with Crippen LogP contribution in [0.3, 0.4) is 0 Å². The molecule has 2 N–H and O–H groups in total. The monoisotopic (exact) mass is 754 g/mol. The summed E-state index contributed by atoms with van der Waals surface area (Å²) in [6, 6.07) is 19.9. The van der Waals surface area contributed by atoms with Gasteiger partial charge in [0, 0.05) is 72.4 Å². The van der Waals surface area contributed by atoms with Gasteiger partial charge in [-0.05, 0) is 88.1 Å². The maximum atomic E-state index is 12.7. The van der Waals surface area contributed by atoms with Crippen LogP contribution in [0.4, 0.5) is 11.4 Å². The average molecular weight is 755 g/mol. The minimum Gasteiger partial charge on any atom is -0.486 e. The predicted octanol–water partition coefficient (Wildman–Crippen LogP) is 7.48. The summed E-state index contributed by atoms with van der Waals surface area (Å²) >= 11 is 0. The number of ether oxygens (including phenoxy) is 1. The summed E-state index contributed by atoms with van der Waals surface area (Å²) in [6.07, 6.45) is 10.8. The standard InChI is InChI=1S/C43H51N3O7S/c1-6-45-37-20-10-9-19-35(37)42(2,3)39(45)21-13-22-40-43(4,5)36-30-34(54(50,51)52)23-24-38(36)46(40)26-11-7-8-16-32(48)17-14-25-44-41(49)31-15-12-18-33(29-31)53-28-27-47/h9-10,12-13,15,18-24,27,29-30H,6-8,11,14,16-17,25-26,28H2,1-5H3,(H-,44,49,50,51,52)/p+1. The van der Waals surface area contributed by atoms with E-state index in [0.717, 1.165) is 42.8 Å². The molecule has 0 bridgehead atoms. The van der Waals surface area contributed by atoms with Gasteiger partial charge in [-0.2, -0.15) is 13.0 Å². The largest absolute Gasteiger partial charge is 0.486 e. The molecule has 5 rings (SSSR count). The molecule has 0 aromatic heterocycles.